The number of aromatic nitrogens is 3. The predicted octanol–water partition coefficient (Wildman–Crippen LogP) is 2.26. The molecule has 2 heterocycles. The molecule has 1 aliphatic carbocycles. The monoisotopic (exact) mass is 276 g/mol. The molecule has 0 spiro atoms. The third kappa shape index (κ3) is 2.49. The van der Waals surface area contributed by atoms with E-state index < -0.39 is 0 Å². The summed E-state index contributed by atoms with van der Waals surface area (Å²) in [6.07, 6.45) is 6.86. The second-order valence-electron chi connectivity index (χ2n) is 5.41. The first kappa shape index (κ1) is 12.9. The largest absolute Gasteiger partial charge is 0.311 e. The fourth-order valence-electron chi connectivity index (χ4n) is 2.47. The predicted molar refractivity (Wildman–Crippen MR) is 80.4 cm³/mol. The summed E-state index contributed by atoms with van der Waals surface area (Å²) in [5.41, 5.74) is 3.25. The zero-order chi connectivity index (χ0) is 13.5. The molecular weight excluding hydrogens is 256 g/mol. The second-order valence-corrected chi connectivity index (χ2v) is 6.69. The maximum Gasteiger partial charge on any atom is 0.157 e. The Labute approximate surface area is 118 Å². The second kappa shape index (κ2) is 4.80. The highest BCUT2D eigenvalue weighted by atomic mass is 32.2. The fourth-order valence-corrected chi connectivity index (χ4v) is 3.23. The van der Waals surface area contributed by atoms with Crippen LogP contribution >= 0.6 is 11.8 Å². The van der Waals surface area contributed by atoms with Gasteiger partial charge in [-0.1, -0.05) is 0 Å². The van der Waals surface area contributed by atoms with Crippen molar-refractivity contribution in [3.63, 3.8) is 0 Å². The van der Waals surface area contributed by atoms with Crippen LogP contribution in [0.15, 0.2) is 12.3 Å². The van der Waals surface area contributed by atoms with Crippen LogP contribution in [0.3, 0.4) is 0 Å². The van der Waals surface area contributed by atoms with Crippen LogP contribution < -0.4 is 5.32 Å². The summed E-state index contributed by atoms with van der Waals surface area (Å²) in [7, 11) is 1.94. The molecule has 0 amide bonds. The molecule has 19 heavy (non-hydrogen) atoms. The van der Waals surface area contributed by atoms with Crippen LogP contribution in [-0.4, -0.2) is 32.3 Å². The molecule has 0 radical (unpaired) electrons. The molecule has 1 saturated carbocycles. The minimum Gasteiger partial charge on any atom is -0.311 e. The molecule has 1 aliphatic rings. The van der Waals surface area contributed by atoms with Crippen molar-refractivity contribution >= 4 is 22.8 Å². The lowest BCUT2D eigenvalue weighted by Crippen LogP contribution is -2.25. The molecule has 1 fully saturated rings. The van der Waals surface area contributed by atoms with Crippen LogP contribution in [0.5, 0.6) is 0 Å². The number of hydrogen-bond acceptors (Lipinski definition) is 4. The molecule has 0 bridgehead atoms. The smallest absolute Gasteiger partial charge is 0.157 e. The first-order chi connectivity index (χ1) is 9.13. The average Bonchev–Trinajstić information content (AvgIpc) is 3.13. The lowest BCUT2D eigenvalue weighted by atomic mass is 10.2. The maximum absolute atomic E-state index is 4.51. The quantitative estimate of drug-likeness (QED) is 0.909. The third-order valence-corrected chi connectivity index (χ3v) is 5.36. The highest BCUT2D eigenvalue weighted by molar-refractivity contribution is 8.00. The number of nitrogens with zero attached hydrogens (tertiary/aromatic N) is 3. The number of fused-ring (bicyclic) bond motifs is 1. The maximum atomic E-state index is 4.51. The van der Waals surface area contributed by atoms with Gasteiger partial charge in [-0.2, -0.15) is 16.9 Å². The number of thioether (sulfide) groups is 1. The first-order valence-electron chi connectivity index (χ1n) is 6.68. The molecule has 5 heteroatoms. The minimum atomic E-state index is 0.516. The van der Waals surface area contributed by atoms with E-state index in [1.54, 1.807) is 0 Å². The zero-order valence-corrected chi connectivity index (χ0v) is 12.5. The van der Waals surface area contributed by atoms with Crippen LogP contribution in [0, 0.1) is 6.92 Å². The number of pyridine rings is 1. The van der Waals surface area contributed by atoms with Gasteiger partial charge in [0.25, 0.3) is 0 Å². The standard InChI is InChI=1S/C14H20N4S/c1-10-12-6-11(8-16-13(12)18(2)17-10)7-15-9-14(19-3)4-5-14/h6,8,15H,4-5,7,9H2,1-3H3. The van der Waals surface area contributed by atoms with E-state index in [-0.39, 0.29) is 0 Å². The Kier molecular flexibility index (Phi) is 3.27. The van der Waals surface area contributed by atoms with Gasteiger partial charge < -0.3 is 5.32 Å². The van der Waals surface area contributed by atoms with Gasteiger partial charge in [0.1, 0.15) is 0 Å². The van der Waals surface area contributed by atoms with Gasteiger partial charge in [-0.3, -0.25) is 4.68 Å². The van der Waals surface area contributed by atoms with Crippen molar-refractivity contribution in [2.75, 3.05) is 12.8 Å². The van der Waals surface area contributed by atoms with E-state index in [4.69, 9.17) is 0 Å². The zero-order valence-electron chi connectivity index (χ0n) is 11.7. The number of hydrogen-bond donors (Lipinski definition) is 1. The van der Waals surface area contributed by atoms with E-state index >= 15 is 0 Å². The summed E-state index contributed by atoms with van der Waals surface area (Å²) in [5.74, 6) is 0. The van der Waals surface area contributed by atoms with E-state index in [0.29, 0.717) is 4.75 Å². The number of rotatable bonds is 5. The van der Waals surface area contributed by atoms with Crippen molar-refractivity contribution in [2.45, 2.75) is 31.1 Å². The van der Waals surface area contributed by atoms with Gasteiger partial charge in [-0.25, -0.2) is 4.98 Å². The van der Waals surface area contributed by atoms with Gasteiger partial charge in [-0.15, -0.1) is 0 Å². The van der Waals surface area contributed by atoms with Crippen molar-refractivity contribution in [1.29, 1.82) is 0 Å². The summed E-state index contributed by atoms with van der Waals surface area (Å²) in [5, 5.41) is 9.12. The lowest BCUT2D eigenvalue weighted by Gasteiger charge is -2.12. The topological polar surface area (TPSA) is 42.7 Å². The van der Waals surface area contributed by atoms with Gasteiger partial charge in [0.2, 0.25) is 0 Å². The summed E-state index contributed by atoms with van der Waals surface area (Å²) in [6.45, 7) is 4.02. The van der Waals surface area contributed by atoms with Gasteiger partial charge in [0.05, 0.1) is 5.69 Å². The summed E-state index contributed by atoms with van der Waals surface area (Å²) in [6, 6.07) is 2.20. The highest BCUT2D eigenvalue weighted by Crippen LogP contribution is 2.46. The lowest BCUT2D eigenvalue weighted by molar-refractivity contribution is 0.662. The molecule has 0 aliphatic heterocycles. The summed E-state index contributed by atoms with van der Waals surface area (Å²) >= 11 is 1.99. The molecule has 102 valence electrons. The Morgan fingerprint density at radius 1 is 1.47 bits per heavy atom. The molecule has 0 unspecified atom stereocenters. The van der Waals surface area contributed by atoms with Gasteiger partial charge >= 0.3 is 0 Å². The Morgan fingerprint density at radius 2 is 2.26 bits per heavy atom. The molecule has 1 N–H and O–H groups in total. The molecule has 4 nitrogen and oxygen atoms in total. The van der Waals surface area contributed by atoms with Crippen molar-refractivity contribution in [3.05, 3.63) is 23.5 Å². The number of nitrogens with one attached hydrogen (secondary N) is 1. The molecule has 0 aromatic carbocycles. The molecular formula is C14H20N4S. The highest BCUT2D eigenvalue weighted by Gasteiger charge is 2.41. The molecule has 2 aromatic heterocycles. The van der Waals surface area contributed by atoms with E-state index in [0.717, 1.165) is 29.8 Å². The molecule has 3 rings (SSSR count). The molecule has 0 saturated heterocycles. The number of aryl methyl sites for hydroxylation is 2. The van der Waals surface area contributed by atoms with Crippen molar-refractivity contribution in [1.82, 2.24) is 20.1 Å². The van der Waals surface area contributed by atoms with E-state index in [1.807, 2.05) is 36.6 Å². The van der Waals surface area contributed by atoms with Crippen molar-refractivity contribution in [3.8, 4) is 0 Å². The SMILES string of the molecule is CSC1(CNCc2cnc3c(c2)c(C)nn3C)CC1. The van der Waals surface area contributed by atoms with E-state index in [2.05, 4.69) is 27.7 Å². The first-order valence-corrected chi connectivity index (χ1v) is 7.90. The molecule has 0 atom stereocenters. The average molecular weight is 276 g/mol. The Bertz CT molecular complexity index is 601. The van der Waals surface area contributed by atoms with Crippen LogP contribution in [-0.2, 0) is 13.6 Å². The van der Waals surface area contributed by atoms with E-state index in [9.17, 15) is 0 Å². The normalized spacial score (nSPS) is 17.0. The summed E-state index contributed by atoms with van der Waals surface area (Å²) < 4.78 is 2.36. The van der Waals surface area contributed by atoms with Crippen LogP contribution in [0.2, 0.25) is 0 Å². The van der Waals surface area contributed by atoms with Crippen LogP contribution in [0.4, 0.5) is 0 Å². The molecule has 2 aromatic rings. The third-order valence-electron chi connectivity index (χ3n) is 3.94. The Balaban J connectivity index is 1.69. The summed E-state index contributed by atoms with van der Waals surface area (Å²) in [4.78, 5) is 4.51. The van der Waals surface area contributed by atoms with Crippen LogP contribution in [0.25, 0.3) is 11.0 Å². The van der Waals surface area contributed by atoms with Gasteiger partial charge in [0.15, 0.2) is 5.65 Å². The van der Waals surface area contributed by atoms with Crippen molar-refractivity contribution < 1.29 is 0 Å². The van der Waals surface area contributed by atoms with Gasteiger partial charge in [0, 0.05) is 36.5 Å². The fraction of sp³-hybridized carbons (Fsp3) is 0.571. The van der Waals surface area contributed by atoms with Gasteiger partial charge in [-0.05, 0) is 37.7 Å². The Hall–Kier alpha value is -1.07. The van der Waals surface area contributed by atoms with Crippen LogP contribution in [0.1, 0.15) is 24.1 Å². The minimum absolute atomic E-state index is 0.516. The van der Waals surface area contributed by atoms with Crippen molar-refractivity contribution in [2.24, 2.45) is 7.05 Å². The Morgan fingerprint density at radius 3 is 2.95 bits per heavy atom. The van der Waals surface area contributed by atoms with E-state index in [1.165, 1.54) is 18.4 Å².